The summed E-state index contributed by atoms with van der Waals surface area (Å²) < 4.78 is 130. The number of hydrogen-bond donors (Lipinski definition) is 0. The van der Waals surface area contributed by atoms with Gasteiger partial charge >= 0.3 is 12.5 Å². The van der Waals surface area contributed by atoms with E-state index in [0.717, 1.165) is 50.9 Å². The lowest BCUT2D eigenvalue weighted by atomic mass is 9.76. The van der Waals surface area contributed by atoms with Crippen molar-refractivity contribution in [1.29, 1.82) is 0 Å². The molecule has 1 aliphatic heterocycles. The molecule has 2 aromatic carbocycles. The van der Waals surface area contributed by atoms with Crippen LogP contribution in [-0.2, 0) is 9.47 Å². The molecule has 2 aromatic rings. The van der Waals surface area contributed by atoms with E-state index < -0.39 is 41.5 Å². The van der Waals surface area contributed by atoms with Crippen LogP contribution in [0.1, 0.15) is 107 Å². The van der Waals surface area contributed by atoms with Crippen molar-refractivity contribution < 1.29 is 54.1 Å². The number of rotatable bonds is 11. The summed E-state index contributed by atoms with van der Waals surface area (Å²) in [5.41, 5.74) is 1.39. The van der Waals surface area contributed by atoms with Gasteiger partial charge in [0.1, 0.15) is 11.6 Å². The number of benzene rings is 2. The highest BCUT2D eigenvalue weighted by Crippen LogP contribution is 2.45. The summed E-state index contributed by atoms with van der Waals surface area (Å²) in [4.78, 5) is 0. The molecule has 3 aliphatic rings. The molecule has 1 heterocycles. The maximum Gasteiger partial charge on any atom is 0.573 e. The Morgan fingerprint density at radius 2 is 1.34 bits per heavy atom. The van der Waals surface area contributed by atoms with Crippen LogP contribution < -0.4 is 9.47 Å². The van der Waals surface area contributed by atoms with Crippen LogP contribution in [0, 0.1) is 35.2 Å². The van der Waals surface area contributed by atoms with Crippen LogP contribution in [-0.4, -0.2) is 32.0 Å². The van der Waals surface area contributed by atoms with Gasteiger partial charge in [0.15, 0.2) is 17.9 Å². The van der Waals surface area contributed by atoms with Gasteiger partial charge in [0.05, 0.1) is 19.1 Å². The summed E-state index contributed by atoms with van der Waals surface area (Å²) in [5.74, 6) is -7.37. The number of hydrogen-bond acceptors (Lipinski definition) is 4. The molecular weight excluding hydrogens is 636 g/mol. The van der Waals surface area contributed by atoms with Crippen LogP contribution in [0.2, 0.25) is 0 Å². The fourth-order valence-electron chi connectivity index (χ4n) is 7.32. The first-order valence-corrected chi connectivity index (χ1v) is 16.7. The summed E-state index contributed by atoms with van der Waals surface area (Å²) in [5, 5.41) is 0. The predicted octanol–water partition coefficient (Wildman–Crippen LogP) is 10.8. The van der Waals surface area contributed by atoms with Crippen molar-refractivity contribution in [3.63, 3.8) is 0 Å². The van der Waals surface area contributed by atoms with E-state index in [9.17, 15) is 30.7 Å². The van der Waals surface area contributed by atoms with Gasteiger partial charge in [0.2, 0.25) is 5.75 Å². The van der Waals surface area contributed by atoms with E-state index >= 15 is 4.39 Å². The number of ether oxygens (including phenoxy) is 4. The van der Waals surface area contributed by atoms with E-state index in [1.807, 2.05) is 6.07 Å². The van der Waals surface area contributed by atoms with Gasteiger partial charge in [-0.1, -0.05) is 38.3 Å². The van der Waals surface area contributed by atoms with Crippen LogP contribution in [0.25, 0.3) is 0 Å². The van der Waals surface area contributed by atoms with Gasteiger partial charge in [-0.2, -0.15) is 8.78 Å². The number of unbranched alkanes of at least 4 members (excludes halogenated alkanes) is 2. The third kappa shape index (κ3) is 9.31. The standard InChI is InChI=1S/C35H42F8O4/c1-2-3-4-5-21-19-44-33(45-20-21)24-8-6-22(7-9-24)25-12-15-28(29(36)16-25)23-10-13-26(14-11-23)34(39,40)46-27-17-30(37)32(31(38)18-27)47-35(41,42)43/h12,15-18,21-24,26,33H,2-11,13-14,19-20H2,1H3. The topological polar surface area (TPSA) is 36.9 Å². The summed E-state index contributed by atoms with van der Waals surface area (Å²) in [6, 6.07) is 5.67. The van der Waals surface area contributed by atoms with Crippen molar-refractivity contribution in [1.82, 2.24) is 0 Å². The fourth-order valence-corrected chi connectivity index (χ4v) is 7.32. The lowest BCUT2D eigenvalue weighted by Gasteiger charge is -2.38. The van der Waals surface area contributed by atoms with Gasteiger partial charge in [-0.3, -0.25) is 0 Å². The van der Waals surface area contributed by atoms with E-state index in [1.54, 1.807) is 12.1 Å². The highest BCUT2D eigenvalue weighted by molar-refractivity contribution is 5.35. The molecule has 0 spiro atoms. The van der Waals surface area contributed by atoms with Gasteiger partial charge in [-0.15, -0.1) is 13.2 Å². The fraction of sp³-hybridized carbons (Fsp3) is 0.657. The molecule has 0 radical (unpaired) electrons. The van der Waals surface area contributed by atoms with Crippen molar-refractivity contribution >= 4 is 0 Å². The summed E-state index contributed by atoms with van der Waals surface area (Å²) in [6.45, 7) is 3.67. The van der Waals surface area contributed by atoms with Crippen molar-refractivity contribution in [3.8, 4) is 11.5 Å². The molecule has 3 fully saturated rings. The Balaban J connectivity index is 1.10. The van der Waals surface area contributed by atoms with E-state index in [1.165, 1.54) is 19.3 Å². The summed E-state index contributed by atoms with van der Waals surface area (Å²) in [7, 11) is 0. The van der Waals surface area contributed by atoms with Gasteiger partial charge in [0.25, 0.3) is 0 Å². The monoisotopic (exact) mass is 678 g/mol. The van der Waals surface area contributed by atoms with Crippen LogP contribution in [0.4, 0.5) is 35.1 Å². The molecule has 5 rings (SSSR count). The third-order valence-electron chi connectivity index (χ3n) is 9.95. The number of alkyl halides is 5. The summed E-state index contributed by atoms with van der Waals surface area (Å²) >= 11 is 0. The lowest BCUT2D eigenvalue weighted by molar-refractivity contribution is -0.276. The Kier molecular flexibility index (Phi) is 11.6. The molecule has 4 nitrogen and oxygen atoms in total. The molecule has 47 heavy (non-hydrogen) atoms. The minimum atomic E-state index is -5.37. The summed E-state index contributed by atoms with van der Waals surface area (Å²) in [6.07, 6.45) is -0.591. The van der Waals surface area contributed by atoms with E-state index in [0.29, 0.717) is 17.4 Å². The lowest BCUT2D eigenvalue weighted by Crippen LogP contribution is -2.38. The molecule has 0 atom stereocenters. The SMILES string of the molecule is CCCCCC1COC(C2CCC(c3ccc(C4CCC(C(F)(F)Oc5cc(F)c(OC(F)(F)F)c(F)c5)CC4)c(F)c3)CC2)OC1. The normalized spacial score (nSPS) is 27.4. The third-order valence-corrected chi connectivity index (χ3v) is 9.95. The molecule has 1 saturated heterocycles. The first-order chi connectivity index (χ1) is 22.3. The highest BCUT2D eigenvalue weighted by atomic mass is 19.4. The van der Waals surface area contributed by atoms with Crippen molar-refractivity contribution in [3.05, 3.63) is 58.9 Å². The van der Waals surface area contributed by atoms with Crippen molar-refractivity contribution in [2.24, 2.45) is 17.8 Å². The quantitative estimate of drug-likeness (QED) is 0.175. The zero-order valence-corrected chi connectivity index (χ0v) is 26.4. The molecule has 262 valence electrons. The Morgan fingerprint density at radius 1 is 0.723 bits per heavy atom. The second-order valence-electron chi connectivity index (χ2n) is 13.3. The maximum absolute atomic E-state index is 15.4. The van der Waals surface area contributed by atoms with Crippen LogP contribution in [0.3, 0.4) is 0 Å². The minimum Gasteiger partial charge on any atom is -0.432 e. The first-order valence-electron chi connectivity index (χ1n) is 16.7. The Bertz CT molecular complexity index is 1290. The Labute approximate surface area is 270 Å². The van der Waals surface area contributed by atoms with Crippen molar-refractivity contribution in [2.75, 3.05) is 13.2 Å². The Morgan fingerprint density at radius 3 is 1.91 bits per heavy atom. The van der Waals surface area contributed by atoms with Gasteiger partial charge in [0, 0.05) is 24.0 Å². The van der Waals surface area contributed by atoms with Crippen molar-refractivity contribution in [2.45, 2.75) is 115 Å². The van der Waals surface area contributed by atoms with E-state index in [4.69, 9.17) is 9.47 Å². The molecule has 2 saturated carbocycles. The molecule has 0 amide bonds. The molecular formula is C35H42F8O4. The second kappa shape index (κ2) is 15.3. The van der Waals surface area contributed by atoms with Crippen LogP contribution >= 0.6 is 0 Å². The predicted molar refractivity (Wildman–Crippen MR) is 158 cm³/mol. The molecule has 0 aromatic heterocycles. The Hall–Kier alpha value is -2.60. The minimum absolute atomic E-state index is 0.0477. The average Bonchev–Trinajstić information content (AvgIpc) is 3.03. The molecule has 0 N–H and O–H groups in total. The maximum atomic E-state index is 15.4. The van der Waals surface area contributed by atoms with Gasteiger partial charge in [-0.05, 0) is 86.8 Å². The van der Waals surface area contributed by atoms with Gasteiger partial charge in [-0.25, -0.2) is 13.2 Å². The second-order valence-corrected chi connectivity index (χ2v) is 13.3. The smallest absolute Gasteiger partial charge is 0.432 e. The zero-order chi connectivity index (χ0) is 33.8. The van der Waals surface area contributed by atoms with E-state index in [2.05, 4.69) is 16.4 Å². The van der Waals surface area contributed by atoms with Crippen LogP contribution in [0.15, 0.2) is 30.3 Å². The molecule has 0 unspecified atom stereocenters. The highest BCUT2D eigenvalue weighted by Gasteiger charge is 2.45. The van der Waals surface area contributed by atoms with E-state index in [-0.39, 0.29) is 61.8 Å². The number of halogens is 8. The largest absolute Gasteiger partial charge is 0.573 e. The van der Waals surface area contributed by atoms with Crippen LogP contribution in [0.5, 0.6) is 11.5 Å². The molecule has 0 bridgehead atoms. The zero-order valence-electron chi connectivity index (χ0n) is 26.4. The molecule has 12 heteroatoms. The van der Waals surface area contributed by atoms with Gasteiger partial charge < -0.3 is 18.9 Å². The first kappa shape index (κ1) is 35.7. The molecule has 2 aliphatic carbocycles. The average molecular weight is 679 g/mol.